The van der Waals surface area contributed by atoms with E-state index in [1.807, 2.05) is 0 Å². The molecule has 0 saturated heterocycles. The summed E-state index contributed by atoms with van der Waals surface area (Å²) in [4.78, 5) is 29.2. The Bertz CT molecular complexity index is 1590. The lowest BCUT2D eigenvalue weighted by Crippen LogP contribution is -2.16. The van der Waals surface area contributed by atoms with Crippen molar-refractivity contribution in [1.82, 2.24) is 29.7 Å². The van der Waals surface area contributed by atoms with Crippen LogP contribution in [-0.4, -0.2) is 35.6 Å². The third-order valence-corrected chi connectivity index (χ3v) is 6.64. The second-order valence-corrected chi connectivity index (χ2v) is 9.25. The van der Waals surface area contributed by atoms with E-state index in [-0.39, 0.29) is 18.1 Å². The molecule has 0 atom stereocenters. The van der Waals surface area contributed by atoms with Gasteiger partial charge in [0, 0.05) is 17.7 Å². The highest BCUT2D eigenvalue weighted by Crippen LogP contribution is 2.33. The first-order chi connectivity index (χ1) is 18.0. The van der Waals surface area contributed by atoms with E-state index in [1.165, 1.54) is 43.4 Å². The Labute approximate surface area is 210 Å². The molecule has 1 fully saturated rings. The van der Waals surface area contributed by atoms with Crippen molar-refractivity contribution in [2.45, 2.75) is 38.0 Å². The fourth-order valence-corrected chi connectivity index (χ4v) is 4.82. The number of fused-ring (bicyclic) bond motifs is 1. The second-order valence-electron chi connectivity index (χ2n) is 9.25. The number of amides is 1. The van der Waals surface area contributed by atoms with Crippen LogP contribution in [0.2, 0.25) is 0 Å². The Morgan fingerprint density at radius 2 is 1.84 bits per heavy atom. The topological polar surface area (TPSA) is 101 Å². The van der Waals surface area contributed by atoms with Gasteiger partial charge in [0.05, 0.1) is 18.3 Å². The molecule has 0 radical (unpaired) electrons. The highest BCUT2D eigenvalue weighted by molar-refractivity contribution is 5.97. The summed E-state index contributed by atoms with van der Waals surface area (Å²) in [6.45, 7) is 0. The SMILES string of the molecule is O=C(Cc1cc(F)cc(-c2cnn(-c3ccc(F)cc3)c2)c1)Nc1ncnc2nc(C3CCCC3)[nH]c12. The molecule has 2 N–H and O–H groups in total. The van der Waals surface area contributed by atoms with E-state index in [1.54, 1.807) is 35.3 Å². The van der Waals surface area contributed by atoms with Crippen molar-refractivity contribution in [2.75, 3.05) is 5.32 Å². The molecule has 37 heavy (non-hydrogen) atoms. The summed E-state index contributed by atoms with van der Waals surface area (Å²) in [7, 11) is 0. The van der Waals surface area contributed by atoms with Crippen LogP contribution >= 0.6 is 0 Å². The van der Waals surface area contributed by atoms with Crippen LogP contribution in [0, 0.1) is 11.6 Å². The predicted octanol–water partition coefficient (Wildman–Crippen LogP) is 5.32. The van der Waals surface area contributed by atoms with Crippen molar-refractivity contribution in [1.29, 1.82) is 0 Å². The fourth-order valence-electron chi connectivity index (χ4n) is 4.82. The maximum absolute atomic E-state index is 14.5. The van der Waals surface area contributed by atoms with E-state index in [0.29, 0.717) is 45.3 Å². The van der Waals surface area contributed by atoms with Gasteiger partial charge in [-0.3, -0.25) is 4.79 Å². The Morgan fingerprint density at radius 3 is 2.65 bits per heavy atom. The van der Waals surface area contributed by atoms with Gasteiger partial charge in [-0.15, -0.1) is 0 Å². The molecule has 1 amide bonds. The van der Waals surface area contributed by atoms with Gasteiger partial charge in [0.25, 0.3) is 0 Å². The van der Waals surface area contributed by atoms with Crippen molar-refractivity contribution in [3.8, 4) is 16.8 Å². The van der Waals surface area contributed by atoms with Crippen molar-refractivity contribution < 1.29 is 13.6 Å². The van der Waals surface area contributed by atoms with Crippen LogP contribution in [-0.2, 0) is 11.2 Å². The van der Waals surface area contributed by atoms with Crippen LogP contribution in [0.1, 0.15) is 43.0 Å². The van der Waals surface area contributed by atoms with E-state index >= 15 is 0 Å². The first-order valence-corrected chi connectivity index (χ1v) is 12.1. The van der Waals surface area contributed by atoms with E-state index in [2.05, 4.69) is 30.4 Å². The highest BCUT2D eigenvalue weighted by Gasteiger charge is 2.22. The van der Waals surface area contributed by atoms with Crippen LogP contribution in [0.4, 0.5) is 14.6 Å². The minimum Gasteiger partial charge on any atom is -0.337 e. The number of aromatic nitrogens is 6. The average Bonchev–Trinajstić information content (AvgIpc) is 3.65. The molecule has 6 rings (SSSR count). The molecule has 0 spiro atoms. The summed E-state index contributed by atoms with van der Waals surface area (Å²) >= 11 is 0. The Hall–Kier alpha value is -4.47. The molecule has 186 valence electrons. The first kappa shape index (κ1) is 23.0. The summed E-state index contributed by atoms with van der Waals surface area (Å²) in [5.41, 5.74) is 3.53. The number of carbonyl (C=O) groups excluding carboxylic acids is 1. The lowest BCUT2D eigenvalue weighted by atomic mass is 10.0. The normalized spacial score (nSPS) is 13.9. The molecular formula is C27H23F2N7O. The highest BCUT2D eigenvalue weighted by atomic mass is 19.1. The van der Waals surface area contributed by atoms with Crippen LogP contribution < -0.4 is 5.32 Å². The quantitative estimate of drug-likeness (QED) is 0.329. The van der Waals surface area contributed by atoms with Gasteiger partial charge < -0.3 is 10.3 Å². The zero-order chi connectivity index (χ0) is 25.4. The largest absolute Gasteiger partial charge is 0.337 e. The number of H-pyrrole nitrogens is 1. The molecular weight excluding hydrogens is 476 g/mol. The summed E-state index contributed by atoms with van der Waals surface area (Å²) in [5.74, 6) is 0.456. The molecule has 2 aromatic carbocycles. The van der Waals surface area contributed by atoms with E-state index in [9.17, 15) is 13.6 Å². The summed E-state index contributed by atoms with van der Waals surface area (Å²) in [6.07, 6.45) is 9.17. The smallest absolute Gasteiger partial charge is 0.230 e. The minimum atomic E-state index is -0.464. The third kappa shape index (κ3) is 4.82. The number of halogens is 2. The number of rotatable bonds is 6. The number of imidazole rings is 1. The molecule has 3 aromatic heterocycles. The summed E-state index contributed by atoms with van der Waals surface area (Å²) in [6, 6.07) is 10.4. The maximum atomic E-state index is 14.5. The van der Waals surface area contributed by atoms with E-state index in [4.69, 9.17) is 0 Å². The van der Waals surface area contributed by atoms with Crippen molar-refractivity contribution in [3.05, 3.63) is 84.2 Å². The number of nitrogens with one attached hydrogen (secondary N) is 2. The molecule has 0 unspecified atom stereocenters. The number of anilines is 1. The number of aromatic amines is 1. The van der Waals surface area contributed by atoms with Crippen LogP contribution in [0.15, 0.2) is 61.2 Å². The molecule has 1 saturated carbocycles. The third-order valence-electron chi connectivity index (χ3n) is 6.64. The lowest BCUT2D eigenvalue weighted by molar-refractivity contribution is -0.115. The molecule has 5 aromatic rings. The molecule has 1 aliphatic rings. The molecule has 0 bridgehead atoms. The van der Waals surface area contributed by atoms with Crippen LogP contribution in [0.25, 0.3) is 28.0 Å². The van der Waals surface area contributed by atoms with E-state index in [0.717, 1.165) is 18.7 Å². The summed E-state index contributed by atoms with van der Waals surface area (Å²) in [5, 5.41) is 7.11. The first-order valence-electron chi connectivity index (χ1n) is 12.1. The van der Waals surface area contributed by atoms with Gasteiger partial charge in [-0.2, -0.15) is 5.10 Å². The van der Waals surface area contributed by atoms with Crippen LogP contribution in [0.5, 0.6) is 0 Å². The minimum absolute atomic E-state index is 0.0496. The Kier molecular flexibility index (Phi) is 5.91. The number of hydrogen-bond acceptors (Lipinski definition) is 5. The molecule has 0 aliphatic heterocycles. The molecule has 1 aliphatic carbocycles. The van der Waals surface area contributed by atoms with Crippen LogP contribution in [0.3, 0.4) is 0 Å². The van der Waals surface area contributed by atoms with Gasteiger partial charge in [0.1, 0.15) is 29.3 Å². The Morgan fingerprint density at radius 1 is 1.03 bits per heavy atom. The molecule has 3 heterocycles. The van der Waals surface area contributed by atoms with Gasteiger partial charge in [-0.05, 0) is 60.4 Å². The van der Waals surface area contributed by atoms with Gasteiger partial charge in [-0.1, -0.05) is 18.9 Å². The van der Waals surface area contributed by atoms with Gasteiger partial charge in [-0.25, -0.2) is 28.4 Å². The predicted molar refractivity (Wildman–Crippen MR) is 134 cm³/mol. The fraction of sp³-hybridized carbons (Fsp3) is 0.222. The number of hydrogen-bond donors (Lipinski definition) is 2. The molecule has 10 heteroatoms. The van der Waals surface area contributed by atoms with Crippen molar-refractivity contribution in [2.24, 2.45) is 0 Å². The van der Waals surface area contributed by atoms with Gasteiger partial charge >= 0.3 is 0 Å². The lowest BCUT2D eigenvalue weighted by Gasteiger charge is -2.07. The van der Waals surface area contributed by atoms with Gasteiger partial charge in [0.15, 0.2) is 11.5 Å². The van der Waals surface area contributed by atoms with Crippen molar-refractivity contribution in [3.63, 3.8) is 0 Å². The zero-order valence-electron chi connectivity index (χ0n) is 19.8. The van der Waals surface area contributed by atoms with Crippen molar-refractivity contribution >= 4 is 22.9 Å². The number of carbonyl (C=O) groups is 1. The van der Waals surface area contributed by atoms with E-state index < -0.39 is 5.82 Å². The standard InChI is InChI=1S/C27H23F2N7O/c28-20-5-7-22(8-6-20)36-14-19(13-32-36)18-9-16(10-21(29)12-18)11-23(37)33-26-24-27(31-15-30-26)35-25(34-24)17-3-1-2-4-17/h5-10,12-15,17H,1-4,11H2,(H2,30,31,33,34,35,37). The molecule has 8 nitrogen and oxygen atoms in total. The second kappa shape index (κ2) is 9.53. The number of nitrogens with zero attached hydrogens (tertiary/aromatic N) is 5. The monoisotopic (exact) mass is 499 g/mol. The average molecular weight is 500 g/mol. The maximum Gasteiger partial charge on any atom is 0.230 e. The summed E-state index contributed by atoms with van der Waals surface area (Å²) < 4.78 is 29.3. The number of benzene rings is 2. The zero-order valence-corrected chi connectivity index (χ0v) is 19.8. The Balaban J connectivity index is 1.20. The van der Waals surface area contributed by atoms with Gasteiger partial charge in [0.2, 0.25) is 5.91 Å².